The number of hydrogen-bond acceptors (Lipinski definition) is 5. The average Bonchev–Trinajstić information content (AvgIpc) is 2.30. The van der Waals surface area contributed by atoms with Crippen LogP contribution in [0.3, 0.4) is 0 Å². The van der Waals surface area contributed by atoms with Gasteiger partial charge in [-0.25, -0.2) is 9.97 Å². The van der Waals surface area contributed by atoms with Crippen LogP contribution in [-0.2, 0) is 0 Å². The summed E-state index contributed by atoms with van der Waals surface area (Å²) < 4.78 is 0. The highest BCUT2D eigenvalue weighted by Gasteiger charge is 2.20. The minimum absolute atomic E-state index is 0.622. The Bertz CT molecular complexity index is 314. The normalized spacial score (nSPS) is 21.7. The number of nitrogens with zero attached hydrogens (tertiary/aromatic N) is 3. The van der Waals surface area contributed by atoms with E-state index in [9.17, 15) is 0 Å². The molecule has 0 saturated carbocycles. The number of hydrogen-bond donors (Lipinski definition) is 1. The minimum Gasteiger partial charge on any atom is -0.396 e. The van der Waals surface area contributed by atoms with Crippen LogP contribution in [0.4, 0.5) is 11.6 Å². The van der Waals surface area contributed by atoms with Crippen molar-refractivity contribution < 1.29 is 0 Å². The second-order valence-corrected chi connectivity index (χ2v) is 5.07. The van der Waals surface area contributed by atoms with E-state index < -0.39 is 0 Å². The topological polar surface area (TPSA) is 55.0 Å². The van der Waals surface area contributed by atoms with Gasteiger partial charge in [0, 0.05) is 24.1 Å². The van der Waals surface area contributed by atoms with Gasteiger partial charge >= 0.3 is 0 Å². The predicted octanol–water partition coefficient (Wildman–Crippen LogP) is 1.39. The summed E-state index contributed by atoms with van der Waals surface area (Å²) in [6, 6.07) is 0. The molecule has 0 bridgehead atoms. The summed E-state index contributed by atoms with van der Waals surface area (Å²) in [7, 11) is 0. The van der Waals surface area contributed by atoms with Crippen molar-refractivity contribution in [1.29, 1.82) is 0 Å². The highest BCUT2D eigenvalue weighted by Crippen LogP contribution is 2.23. The number of anilines is 2. The van der Waals surface area contributed by atoms with Crippen LogP contribution in [0.25, 0.3) is 0 Å². The van der Waals surface area contributed by atoms with Crippen LogP contribution in [-0.4, -0.2) is 34.1 Å². The quantitative estimate of drug-likeness (QED) is 0.822. The molecule has 2 rings (SSSR count). The lowest BCUT2D eigenvalue weighted by Crippen LogP contribution is -2.38. The van der Waals surface area contributed by atoms with Gasteiger partial charge in [-0.1, -0.05) is 6.92 Å². The van der Waals surface area contributed by atoms with E-state index in [1.165, 1.54) is 6.42 Å². The second kappa shape index (κ2) is 4.70. The molecule has 1 unspecified atom stereocenters. The maximum Gasteiger partial charge on any atom is 0.225 e. The molecule has 1 aliphatic heterocycles. The fourth-order valence-corrected chi connectivity index (χ4v) is 2.82. The average molecular weight is 224 g/mol. The standard InChI is InChI=1S/C10H16N4S/c1-2-9-7-14(3-4-15-9)10-12-5-8(11)6-13-10/h5-6,9H,2-4,7,11H2,1H3. The van der Waals surface area contributed by atoms with E-state index in [0.29, 0.717) is 10.9 Å². The minimum atomic E-state index is 0.622. The number of nitrogens with two attached hydrogens (primary N) is 1. The zero-order chi connectivity index (χ0) is 10.7. The molecule has 0 radical (unpaired) electrons. The Labute approximate surface area is 94.3 Å². The van der Waals surface area contributed by atoms with Gasteiger partial charge in [0.1, 0.15) is 0 Å². The van der Waals surface area contributed by atoms with Crippen LogP contribution >= 0.6 is 11.8 Å². The first-order valence-corrected chi connectivity index (χ1v) is 6.28. The Hall–Kier alpha value is -0.970. The van der Waals surface area contributed by atoms with Crippen LogP contribution in [0, 0.1) is 0 Å². The van der Waals surface area contributed by atoms with Crippen molar-refractivity contribution in [2.24, 2.45) is 0 Å². The van der Waals surface area contributed by atoms with Crippen molar-refractivity contribution in [3.8, 4) is 0 Å². The highest BCUT2D eigenvalue weighted by atomic mass is 32.2. The first kappa shape index (κ1) is 10.5. The molecule has 15 heavy (non-hydrogen) atoms. The SMILES string of the molecule is CCC1CN(c2ncc(N)cn2)CCS1. The van der Waals surface area contributed by atoms with Gasteiger partial charge in [0.05, 0.1) is 18.1 Å². The van der Waals surface area contributed by atoms with Crippen LogP contribution in [0.1, 0.15) is 13.3 Å². The van der Waals surface area contributed by atoms with Gasteiger partial charge in [-0.15, -0.1) is 0 Å². The summed E-state index contributed by atoms with van der Waals surface area (Å²) >= 11 is 2.04. The first-order chi connectivity index (χ1) is 7.29. The van der Waals surface area contributed by atoms with Crippen molar-refractivity contribution in [2.75, 3.05) is 29.5 Å². The summed E-state index contributed by atoms with van der Waals surface area (Å²) in [5.74, 6) is 1.97. The largest absolute Gasteiger partial charge is 0.396 e. The molecular formula is C10H16N4S. The lowest BCUT2D eigenvalue weighted by molar-refractivity contribution is 0.710. The number of nitrogen functional groups attached to an aromatic ring is 1. The second-order valence-electron chi connectivity index (χ2n) is 3.66. The predicted molar refractivity (Wildman–Crippen MR) is 65.2 cm³/mol. The Kier molecular flexibility index (Phi) is 3.30. The Morgan fingerprint density at radius 1 is 1.53 bits per heavy atom. The Morgan fingerprint density at radius 2 is 2.27 bits per heavy atom. The maximum absolute atomic E-state index is 5.56. The van der Waals surface area contributed by atoms with E-state index in [1.807, 2.05) is 11.8 Å². The molecule has 1 saturated heterocycles. The van der Waals surface area contributed by atoms with Crippen LogP contribution in [0.5, 0.6) is 0 Å². The number of rotatable bonds is 2. The molecule has 0 amide bonds. The maximum atomic E-state index is 5.56. The molecule has 1 aliphatic rings. The molecule has 2 heterocycles. The molecule has 1 atom stereocenters. The third kappa shape index (κ3) is 2.53. The zero-order valence-electron chi connectivity index (χ0n) is 8.89. The van der Waals surface area contributed by atoms with Gasteiger partial charge < -0.3 is 10.6 Å². The summed E-state index contributed by atoms with van der Waals surface area (Å²) in [4.78, 5) is 10.7. The first-order valence-electron chi connectivity index (χ1n) is 5.23. The van der Waals surface area contributed by atoms with Crippen molar-refractivity contribution >= 4 is 23.4 Å². The molecule has 5 heteroatoms. The van der Waals surface area contributed by atoms with E-state index >= 15 is 0 Å². The number of aromatic nitrogens is 2. The molecule has 1 fully saturated rings. The fourth-order valence-electron chi connectivity index (χ4n) is 1.64. The molecule has 1 aromatic rings. The lowest BCUT2D eigenvalue weighted by Gasteiger charge is -2.31. The molecule has 0 aliphatic carbocycles. The molecule has 0 aromatic carbocycles. The third-order valence-corrected chi connectivity index (χ3v) is 3.91. The highest BCUT2D eigenvalue weighted by molar-refractivity contribution is 8.00. The van der Waals surface area contributed by atoms with E-state index in [1.54, 1.807) is 12.4 Å². The molecule has 1 aromatic heterocycles. The van der Waals surface area contributed by atoms with Crippen molar-refractivity contribution in [1.82, 2.24) is 9.97 Å². The van der Waals surface area contributed by atoms with Crippen LogP contribution in [0.15, 0.2) is 12.4 Å². The monoisotopic (exact) mass is 224 g/mol. The Morgan fingerprint density at radius 3 is 2.93 bits per heavy atom. The summed E-state index contributed by atoms with van der Waals surface area (Å²) in [5, 5.41) is 0.708. The summed E-state index contributed by atoms with van der Waals surface area (Å²) in [5.41, 5.74) is 6.18. The van der Waals surface area contributed by atoms with Gasteiger partial charge in [-0.05, 0) is 6.42 Å². The van der Waals surface area contributed by atoms with Crippen molar-refractivity contribution in [3.63, 3.8) is 0 Å². The smallest absolute Gasteiger partial charge is 0.225 e. The lowest BCUT2D eigenvalue weighted by atomic mass is 10.3. The van der Waals surface area contributed by atoms with Gasteiger partial charge in [-0.2, -0.15) is 11.8 Å². The van der Waals surface area contributed by atoms with Gasteiger partial charge in [0.2, 0.25) is 5.95 Å². The summed E-state index contributed by atoms with van der Waals surface area (Å²) in [6.07, 6.45) is 4.55. The third-order valence-electron chi connectivity index (χ3n) is 2.54. The van der Waals surface area contributed by atoms with Crippen LogP contribution in [0.2, 0.25) is 0 Å². The molecular weight excluding hydrogens is 208 g/mol. The Balaban J connectivity index is 2.06. The van der Waals surface area contributed by atoms with Crippen LogP contribution < -0.4 is 10.6 Å². The molecule has 82 valence electrons. The van der Waals surface area contributed by atoms with E-state index in [0.717, 1.165) is 24.8 Å². The molecule has 0 spiro atoms. The molecule has 4 nitrogen and oxygen atoms in total. The van der Waals surface area contributed by atoms with Crippen molar-refractivity contribution in [3.05, 3.63) is 12.4 Å². The van der Waals surface area contributed by atoms with Gasteiger partial charge in [-0.3, -0.25) is 0 Å². The fraction of sp³-hybridized carbons (Fsp3) is 0.600. The van der Waals surface area contributed by atoms with E-state index in [-0.39, 0.29) is 0 Å². The van der Waals surface area contributed by atoms with Gasteiger partial charge in [0.25, 0.3) is 0 Å². The molecule has 2 N–H and O–H groups in total. The van der Waals surface area contributed by atoms with Crippen molar-refractivity contribution in [2.45, 2.75) is 18.6 Å². The van der Waals surface area contributed by atoms with E-state index in [2.05, 4.69) is 21.8 Å². The zero-order valence-corrected chi connectivity index (χ0v) is 9.70. The number of thioether (sulfide) groups is 1. The van der Waals surface area contributed by atoms with Gasteiger partial charge in [0.15, 0.2) is 0 Å². The van der Waals surface area contributed by atoms with E-state index in [4.69, 9.17) is 5.73 Å². The summed E-state index contributed by atoms with van der Waals surface area (Å²) in [6.45, 7) is 4.31.